The smallest absolute Gasteiger partial charge is 0.253 e. The van der Waals surface area contributed by atoms with Crippen molar-refractivity contribution in [1.82, 2.24) is 4.90 Å². The van der Waals surface area contributed by atoms with Gasteiger partial charge >= 0.3 is 0 Å². The molecule has 0 aliphatic carbocycles. The standard InChI is InChI=1S/C14H18N2OS/c1-3-16(4-2)14(17)13-7-5-12(6-8-13)9-10-15-11-18/h5-8H,3-4,9-10H2,1-2H3. The van der Waals surface area contributed by atoms with E-state index in [1.165, 1.54) is 0 Å². The average Bonchev–Trinajstić information content (AvgIpc) is 2.41. The van der Waals surface area contributed by atoms with Crippen LogP contribution in [-0.2, 0) is 6.42 Å². The van der Waals surface area contributed by atoms with E-state index in [-0.39, 0.29) is 5.91 Å². The molecule has 0 saturated carbocycles. The van der Waals surface area contributed by atoms with E-state index in [1.54, 1.807) is 0 Å². The van der Waals surface area contributed by atoms with Crippen molar-refractivity contribution >= 4 is 23.3 Å². The Bertz CT molecular complexity index is 432. The Balaban J connectivity index is 2.69. The van der Waals surface area contributed by atoms with Gasteiger partial charge in [-0.25, -0.2) is 4.99 Å². The van der Waals surface area contributed by atoms with Gasteiger partial charge in [-0.3, -0.25) is 4.79 Å². The van der Waals surface area contributed by atoms with E-state index >= 15 is 0 Å². The van der Waals surface area contributed by atoms with E-state index < -0.39 is 0 Å². The van der Waals surface area contributed by atoms with Crippen molar-refractivity contribution in [2.75, 3.05) is 19.6 Å². The summed E-state index contributed by atoms with van der Waals surface area (Å²) < 4.78 is 0. The maximum atomic E-state index is 12.1. The van der Waals surface area contributed by atoms with Crippen LogP contribution >= 0.6 is 12.2 Å². The third-order valence-corrected chi connectivity index (χ3v) is 2.96. The SMILES string of the molecule is CCN(CC)C(=O)c1ccc(CCN=C=S)cc1. The van der Waals surface area contributed by atoms with Crippen LogP contribution < -0.4 is 0 Å². The second-order valence-corrected chi connectivity index (χ2v) is 4.08. The zero-order chi connectivity index (χ0) is 13.4. The number of isothiocyanates is 1. The van der Waals surface area contributed by atoms with E-state index in [0.29, 0.717) is 6.54 Å². The van der Waals surface area contributed by atoms with Crippen molar-refractivity contribution in [3.8, 4) is 0 Å². The summed E-state index contributed by atoms with van der Waals surface area (Å²) in [5, 5.41) is 2.35. The largest absolute Gasteiger partial charge is 0.339 e. The highest BCUT2D eigenvalue weighted by Gasteiger charge is 2.11. The monoisotopic (exact) mass is 262 g/mol. The Labute approximate surface area is 114 Å². The molecule has 1 amide bonds. The molecule has 0 spiro atoms. The van der Waals surface area contributed by atoms with Gasteiger partial charge in [0, 0.05) is 18.7 Å². The third kappa shape index (κ3) is 4.06. The van der Waals surface area contributed by atoms with Crippen LogP contribution in [0.25, 0.3) is 0 Å². The number of aliphatic imine (C=N–C) groups is 1. The molecule has 0 aliphatic heterocycles. The summed E-state index contributed by atoms with van der Waals surface area (Å²) >= 11 is 4.51. The lowest BCUT2D eigenvalue weighted by Gasteiger charge is -2.18. The number of carbonyl (C=O) groups is 1. The normalized spacial score (nSPS) is 9.67. The molecule has 0 N–H and O–H groups in total. The predicted molar refractivity (Wildman–Crippen MR) is 77.3 cm³/mol. The van der Waals surface area contributed by atoms with Gasteiger partial charge in [0.15, 0.2) is 0 Å². The van der Waals surface area contributed by atoms with Crippen molar-refractivity contribution in [1.29, 1.82) is 0 Å². The van der Waals surface area contributed by atoms with Gasteiger partial charge in [-0.15, -0.1) is 0 Å². The molecule has 0 saturated heterocycles. The summed E-state index contributed by atoms with van der Waals surface area (Å²) in [6.45, 7) is 6.09. The predicted octanol–water partition coefficient (Wildman–Crippen LogP) is 2.81. The van der Waals surface area contributed by atoms with Gasteiger partial charge in [-0.2, -0.15) is 0 Å². The molecule has 0 bridgehead atoms. The molecular formula is C14H18N2OS. The maximum absolute atomic E-state index is 12.1. The number of hydrogen-bond donors (Lipinski definition) is 0. The summed E-state index contributed by atoms with van der Waals surface area (Å²) in [4.78, 5) is 17.7. The topological polar surface area (TPSA) is 32.7 Å². The van der Waals surface area contributed by atoms with Crippen LogP contribution in [0.1, 0.15) is 29.8 Å². The van der Waals surface area contributed by atoms with Gasteiger partial charge in [0.1, 0.15) is 0 Å². The minimum absolute atomic E-state index is 0.0865. The summed E-state index contributed by atoms with van der Waals surface area (Å²) in [5.41, 5.74) is 1.89. The molecule has 18 heavy (non-hydrogen) atoms. The maximum Gasteiger partial charge on any atom is 0.253 e. The van der Waals surface area contributed by atoms with Crippen molar-refractivity contribution in [2.24, 2.45) is 4.99 Å². The third-order valence-electron chi connectivity index (χ3n) is 2.83. The molecule has 0 aromatic heterocycles. The quantitative estimate of drug-likeness (QED) is 0.583. The van der Waals surface area contributed by atoms with Gasteiger partial charge in [0.2, 0.25) is 0 Å². The number of thiocarbonyl (C=S) groups is 1. The van der Waals surface area contributed by atoms with Crippen LogP contribution in [0, 0.1) is 0 Å². The Hall–Kier alpha value is -1.51. The van der Waals surface area contributed by atoms with Crippen molar-refractivity contribution < 1.29 is 4.79 Å². The lowest BCUT2D eigenvalue weighted by atomic mass is 10.1. The minimum atomic E-state index is 0.0865. The molecule has 0 aliphatic rings. The molecular weight excluding hydrogens is 244 g/mol. The molecule has 3 nitrogen and oxygen atoms in total. The molecule has 4 heteroatoms. The fourth-order valence-corrected chi connectivity index (χ4v) is 1.83. The summed E-state index contributed by atoms with van der Waals surface area (Å²) in [6, 6.07) is 7.68. The fourth-order valence-electron chi connectivity index (χ4n) is 1.74. The van der Waals surface area contributed by atoms with Crippen LogP contribution in [0.5, 0.6) is 0 Å². The number of benzene rings is 1. The average molecular weight is 262 g/mol. The lowest BCUT2D eigenvalue weighted by molar-refractivity contribution is 0.0773. The lowest BCUT2D eigenvalue weighted by Crippen LogP contribution is -2.30. The van der Waals surface area contributed by atoms with Crippen molar-refractivity contribution in [3.05, 3.63) is 35.4 Å². The fraction of sp³-hybridized carbons (Fsp3) is 0.429. The molecule has 1 aromatic rings. The number of amides is 1. The first-order valence-corrected chi connectivity index (χ1v) is 6.55. The first-order valence-electron chi connectivity index (χ1n) is 6.14. The Morgan fingerprint density at radius 3 is 2.39 bits per heavy atom. The Kier molecular flexibility index (Phi) is 6.26. The second-order valence-electron chi connectivity index (χ2n) is 3.90. The van der Waals surface area contributed by atoms with Crippen molar-refractivity contribution in [3.63, 3.8) is 0 Å². The number of carbonyl (C=O) groups excluding carboxylic acids is 1. The van der Waals surface area contributed by atoms with E-state index in [1.807, 2.05) is 43.0 Å². The molecule has 1 aromatic carbocycles. The first-order chi connectivity index (χ1) is 8.72. The summed E-state index contributed by atoms with van der Waals surface area (Å²) in [6.07, 6.45) is 0.823. The van der Waals surface area contributed by atoms with Crippen LogP contribution in [0.4, 0.5) is 0 Å². The zero-order valence-corrected chi connectivity index (χ0v) is 11.7. The number of rotatable bonds is 6. The van der Waals surface area contributed by atoms with Crippen LogP contribution in [-0.4, -0.2) is 35.6 Å². The molecule has 0 unspecified atom stereocenters. The van der Waals surface area contributed by atoms with Crippen molar-refractivity contribution in [2.45, 2.75) is 20.3 Å². The van der Waals surface area contributed by atoms with Gasteiger partial charge < -0.3 is 4.90 Å². The number of nitrogens with zero attached hydrogens (tertiary/aromatic N) is 2. The Morgan fingerprint density at radius 2 is 1.89 bits per heavy atom. The minimum Gasteiger partial charge on any atom is -0.339 e. The van der Waals surface area contributed by atoms with Gasteiger partial charge in [0.05, 0.1) is 11.7 Å². The molecule has 96 valence electrons. The van der Waals surface area contributed by atoms with Gasteiger partial charge in [-0.05, 0) is 50.2 Å². The molecule has 0 atom stereocenters. The first kappa shape index (κ1) is 14.6. The van der Waals surface area contributed by atoms with E-state index in [0.717, 1.165) is 30.6 Å². The zero-order valence-electron chi connectivity index (χ0n) is 10.8. The van der Waals surface area contributed by atoms with Gasteiger partial charge in [0.25, 0.3) is 5.91 Å². The Morgan fingerprint density at radius 1 is 1.28 bits per heavy atom. The van der Waals surface area contributed by atoms with Crippen LogP contribution in [0.15, 0.2) is 29.3 Å². The van der Waals surface area contributed by atoms with E-state index in [2.05, 4.69) is 22.4 Å². The van der Waals surface area contributed by atoms with Crippen LogP contribution in [0.2, 0.25) is 0 Å². The molecule has 0 fully saturated rings. The highest BCUT2D eigenvalue weighted by atomic mass is 32.1. The molecule has 0 heterocycles. The van der Waals surface area contributed by atoms with E-state index in [4.69, 9.17) is 0 Å². The van der Waals surface area contributed by atoms with Gasteiger partial charge in [-0.1, -0.05) is 12.1 Å². The summed E-state index contributed by atoms with van der Waals surface area (Å²) in [7, 11) is 0. The van der Waals surface area contributed by atoms with Crippen LogP contribution in [0.3, 0.4) is 0 Å². The highest BCUT2D eigenvalue weighted by molar-refractivity contribution is 7.78. The van der Waals surface area contributed by atoms with E-state index in [9.17, 15) is 4.79 Å². The molecule has 1 rings (SSSR count). The number of hydrogen-bond acceptors (Lipinski definition) is 3. The second kappa shape index (κ2) is 7.75. The molecule has 0 radical (unpaired) electrons. The highest BCUT2D eigenvalue weighted by Crippen LogP contribution is 2.08. The summed E-state index contributed by atoms with van der Waals surface area (Å²) in [5.74, 6) is 0.0865.